The van der Waals surface area contributed by atoms with E-state index in [4.69, 9.17) is 0 Å². The SMILES string of the molecule is Cc1ccc(C)c(C=NNS(=O)(=O)c2ccccc2)c1. The van der Waals surface area contributed by atoms with E-state index in [0.717, 1.165) is 16.7 Å². The van der Waals surface area contributed by atoms with Gasteiger partial charge in [-0.05, 0) is 37.1 Å². The molecule has 20 heavy (non-hydrogen) atoms. The number of nitrogens with zero attached hydrogens (tertiary/aromatic N) is 1. The van der Waals surface area contributed by atoms with E-state index in [-0.39, 0.29) is 4.90 Å². The lowest BCUT2D eigenvalue weighted by atomic mass is 10.1. The van der Waals surface area contributed by atoms with Gasteiger partial charge in [0.25, 0.3) is 10.0 Å². The van der Waals surface area contributed by atoms with Crippen LogP contribution in [0.25, 0.3) is 0 Å². The molecular weight excluding hydrogens is 272 g/mol. The number of hydrazone groups is 1. The van der Waals surface area contributed by atoms with Gasteiger partial charge >= 0.3 is 0 Å². The molecule has 0 aliphatic rings. The highest BCUT2D eigenvalue weighted by molar-refractivity contribution is 7.89. The van der Waals surface area contributed by atoms with Crippen molar-refractivity contribution in [3.05, 3.63) is 65.2 Å². The van der Waals surface area contributed by atoms with E-state index in [0.29, 0.717) is 0 Å². The number of rotatable bonds is 4. The highest BCUT2D eigenvalue weighted by atomic mass is 32.2. The number of sulfonamides is 1. The van der Waals surface area contributed by atoms with Crippen molar-refractivity contribution < 1.29 is 8.42 Å². The van der Waals surface area contributed by atoms with Gasteiger partial charge in [0.05, 0.1) is 11.1 Å². The third-order valence-electron chi connectivity index (χ3n) is 2.86. The fraction of sp³-hybridized carbons (Fsp3) is 0.133. The molecule has 0 amide bonds. The van der Waals surface area contributed by atoms with Crippen LogP contribution in [-0.4, -0.2) is 14.6 Å². The molecule has 2 aromatic carbocycles. The predicted octanol–water partition coefficient (Wildman–Crippen LogP) is 2.62. The van der Waals surface area contributed by atoms with Crippen LogP contribution in [0.15, 0.2) is 58.5 Å². The smallest absolute Gasteiger partial charge is 0.200 e. The van der Waals surface area contributed by atoms with Crippen LogP contribution in [0, 0.1) is 13.8 Å². The van der Waals surface area contributed by atoms with Crippen molar-refractivity contribution in [1.82, 2.24) is 4.83 Å². The average Bonchev–Trinajstić information content (AvgIpc) is 2.43. The Balaban J connectivity index is 2.16. The lowest BCUT2D eigenvalue weighted by Gasteiger charge is -2.04. The minimum absolute atomic E-state index is 0.193. The number of aryl methyl sites for hydroxylation is 2. The van der Waals surface area contributed by atoms with Crippen LogP contribution < -0.4 is 4.83 Å². The number of hydrogen-bond acceptors (Lipinski definition) is 3. The molecule has 1 N–H and O–H groups in total. The van der Waals surface area contributed by atoms with Gasteiger partial charge in [-0.2, -0.15) is 13.5 Å². The van der Waals surface area contributed by atoms with Gasteiger partial charge in [0.15, 0.2) is 0 Å². The first-order valence-corrected chi connectivity index (χ1v) is 7.64. The average molecular weight is 288 g/mol. The Morgan fingerprint density at radius 3 is 2.45 bits per heavy atom. The van der Waals surface area contributed by atoms with Crippen molar-refractivity contribution in [3.8, 4) is 0 Å². The van der Waals surface area contributed by atoms with Gasteiger partial charge < -0.3 is 0 Å². The third-order valence-corrected chi connectivity index (χ3v) is 4.10. The molecular formula is C15H16N2O2S. The van der Waals surface area contributed by atoms with Crippen molar-refractivity contribution in [1.29, 1.82) is 0 Å². The number of benzene rings is 2. The Labute approximate surface area is 119 Å². The van der Waals surface area contributed by atoms with Gasteiger partial charge in [-0.15, -0.1) is 0 Å². The minimum Gasteiger partial charge on any atom is -0.200 e. The van der Waals surface area contributed by atoms with Gasteiger partial charge in [0.2, 0.25) is 0 Å². The Kier molecular flexibility index (Phi) is 4.20. The lowest BCUT2D eigenvalue weighted by Crippen LogP contribution is -2.18. The second kappa shape index (κ2) is 5.88. The van der Waals surface area contributed by atoms with E-state index in [1.54, 1.807) is 18.2 Å². The standard InChI is InChI=1S/C15H16N2O2S/c1-12-8-9-13(2)14(10-12)11-16-17-20(18,19)15-6-4-3-5-7-15/h3-11,17H,1-2H3. The van der Waals surface area contributed by atoms with E-state index in [1.807, 2.05) is 32.0 Å². The topological polar surface area (TPSA) is 58.5 Å². The van der Waals surface area contributed by atoms with Crippen LogP contribution in [0.1, 0.15) is 16.7 Å². The van der Waals surface area contributed by atoms with Crippen LogP contribution in [0.4, 0.5) is 0 Å². The number of nitrogens with one attached hydrogen (secondary N) is 1. The molecule has 0 aliphatic carbocycles. The van der Waals surface area contributed by atoms with Crippen LogP contribution in [0.2, 0.25) is 0 Å². The number of hydrogen-bond donors (Lipinski definition) is 1. The summed E-state index contributed by atoms with van der Waals surface area (Å²) in [5, 5.41) is 3.83. The molecule has 0 bridgehead atoms. The van der Waals surface area contributed by atoms with Crippen molar-refractivity contribution in [2.75, 3.05) is 0 Å². The van der Waals surface area contributed by atoms with Crippen molar-refractivity contribution in [2.45, 2.75) is 18.7 Å². The molecule has 0 saturated heterocycles. The van der Waals surface area contributed by atoms with Crippen LogP contribution >= 0.6 is 0 Å². The Hall–Kier alpha value is -2.14. The molecule has 0 spiro atoms. The van der Waals surface area contributed by atoms with E-state index in [2.05, 4.69) is 9.93 Å². The third kappa shape index (κ3) is 3.45. The van der Waals surface area contributed by atoms with Gasteiger partial charge in [0.1, 0.15) is 0 Å². The lowest BCUT2D eigenvalue weighted by molar-refractivity contribution is 0.584. The normalized spacial score (nSPS) is 11.7. The monoisotopic (exact) mass is 288 g/mol. The molecule has 0 aliphatic heterocycles. The van der Waals surface area contributed by atoms with Crippen molar-refractivity contribution in [3.63, 3.8) is 0 Å². The van der Waals surface area contributed by atoms with Gasteiger partial charge in [-0.3, -0.25) is 0 Å². The minimum atomic E-state index is -3.60. The molecule has 0 aromatic heterocycles. The van der Waals surface area contributed by atoms with Gasteiger partial charge in [-0.25, -0.2) is 4.83 Å². The molecule has 0 unspecified atom stereocenters. The summed E-state index contributed by atoms with van der Waals surface area (Å²) < 4.78 is 23.9. The summed E-state index contributed by atoms with van der Waals surface area (Å²) in [5.41, 5.74) is 3.03. The summed E-state index contributed by atoms with van der Waals surface area (Å²) in [7, 11) is -3.60. The second-order valence-electron chi connectivity index (χ2n) is 4.53. The molecule has 2 aromatic rings. The summed E-state index contributed by atoms with van der Waals surface area (Å²) in [6.45, 7) is 3.93. The molecule has 2 rings (SSSR count). The first-order valence-electron chi connectivity index (χ1n) is 6.16. The quantitative estimate of drug-likeness (QED) is 0.694. The summed E-state index contributed by atoms with van der Waals surface area (Å²) in [5.74, 6) is 0. The van der Waals surface area contributed by atoms with E-state index in [9.17, 15) is 8.42 Å². The maximum absolute atomic E-state index is 11.9. The summed E-state index contributed by atoms with van der Waals surface area (Å²) in [4.78, 5) is 2.40. The molecule has 0 atom stereocenters. The van der Waals surface area contributed by atoms with E-state index >= 15 is 0 Å². The zero-order chi connectivity index (χ0) is 14.6. The molecule has 104 valence electrons. The van der Waals surface area contributed by atoms with Crippen LogP contribution in [-0.2, 0) is 10.0 Å². The first-order chi connectivity index (χ1) is 9.49. The molecule has 0 fully saturated rings. The molecule has 0 radical (unpaired) electrons. The maximum atomic E-state index is 11.9. The predicted molar refractivity (Wildman–Crippen MR) is 80.3 cm³/mol. The first kappa shape index (κ1) is 14.3. The van der Waals surface area contributed by atoms with Crippen molar-refractivity contribution in [2.24, 2.45) is 5.10 Å². The molecule has 0 heterocycles. The van der Waals surface area contributed by atoms with Crippen molar-refractivity contribution >= 4 is 16.2 Å². The van der Waals surface area contributed by atoms with Gasteiger partial charge in [-0.1, -0.05) is 42.0 Å². The zero-order valence-electron chi connectivity index (χ0n) is 11.4. The fourth-order valence-corrected chi connectivity index (χ4v) is 2.53. The maximum Gasteiger partial charge on any atom is 0.276 e. The van der Waals surface area contributed by atoms with E-state index < -0.39 is 10.0 Å². The Bertz CT molecular complexity index is 723. The molecule has 0 saturated carbocycles. The zero-order valence-corrected chi connectivity index (χ0v) is 12.2. The van der Waals surface area contributed by atoms with Crippen LogP contribution in [0.5, 0.6) is 0 Å². The Morgan fingerprint density at radius 2 is 1.75 bits per heavy atom. The summed E-state index contributed by atoms with van der Waals surface area (Å²) >= 11 is 0. The van der Waals surface area contributed by atoms with Crippen LogP contribution in [0.3, 0.4) is 0 Å². The Morgan fingerprint density at radius 1 is 1.05 bits per heavy atom. The van der Waals surface area contributed by atoms with E-state index in [1.165, 1.54) is 18.3 Å². The highest BCUT2D eigenvalue weighted by Gasteiger charge is 2.11. The fourth-order valence-electron chi connectivity index (χ4n) is 1.72. The second-order valence-corrected chi connectivity index (χ2v) is 6.19. The molecule has 5 heteroatoms. The summed E-state index contributed by atoms with van der Waals surface area (Å²) in [6, 6.07) is 14.1. The summed E-state index contributed by atoms with van der Waals surface area (Å²) in [6.07, 6.45) is 1.52. The largest absolute Gasteiger partial charge is 0.276 e. The molecule has 4 nitrogen and oxygen atoms in total. The van der Waals surface area contributed by atoms with Gasteiger partial charge in [0, 0.05) is 0 Å². The highest BCUT2D eigenvalue weighted by Crippen LogP contribution is 2.09.